The molecule has 4 amide bonds. The number of carbonyl (C=O) groups is 5. The first kappa shape index (κ1) is 43.0. The lowest BCUT2D eigenvalue weighted by atomic mass is 10.0. The summed E-state index contributed by atoms with van der Waals surface area (Å²) >= 11 is 0.983. The van der Waals surface area contributed by atoms with Gasteiger partial charge in [0.05, 0.1) is 18.7 Å². The number of urea groups is 1. The summed E-state index contributed by atoms with van der Waals surface area (Å²) in [5, 5.41) is 39.0. The molecule has 2 atom stereocenters. The normalized spacial score (nSPS) is 13.6. The number of fused-ring (bicyclic) bond motifs is 1. The van der Waals surface area contributed by atoms with Crippen LogP contribution in [0.2, 0.25) is 0 Å². The molecule has 19 nitrogen and oxygen atoms in total. The molecular formula is C38H46N10O9S. The number of pyridine rings is 1. The molecule has 308 valence electrons. The minimum Gasteiger partial charge on any atom is -0.481 e. The van der Waals surface area contributed by atoms with Crippen molar-refractivity contribution in [2.45, 2.75) is 82.8 Å². The molecule has 0 radical (unpaired) electrons. The van der Waals surface area contributed by atoms with Gasteiger partial charge >= 0.3 is 18.0 Å². The number of carbonyl (C=O) groups excluding carboxylic acids is 3. The van der Waals surface area contributed by atoms with Gasteiger partial charge in [0, 0.05) is 73.7 Å². The Balaban J connectivity index is 1.09. The minimum absolute atomic E-state index is 0.0752. The first-order chi connectivity index (χ1) is 27.7. The highest BCUT2D eigenvalue weighted by Crippen LogP contribution is 2.33. The van der Waals surface area contributed by atoms with Gasteiger partial charge in [-0.2, -0.15) is 16.9 Å². The molecule has 7 N–H and O–H groups in total. The highest BCUT2D eigenvalue weighted by atomic mass is 32.2. The maximum Gasteiger partial charge on any atom is 0.322 e. The van der Waals surface area contributed by atoms with Crippen molar-refractivity contribution in [3.8, 4) is 22.7 Å². The third-order valence-electron chi connectivity index (χ3n) is 9.23. The number of nitrogens with one attached hydrogen (secondary N) is 3. The third-order valence-corrected chi connectivity index (χ3v) is 10.7. The van der Waals surface area contributed by atoms with Crippen LogP contribution in [-0.4, -0.2) is 99.5 Å². The number of carboxylic acids is 2. The summed E-state index contributed by atoms with van der Waals surface area (Å²) in [6.07, 6.45) is 5.52. The van der Waals surface area contributed by atoms with Crippen LogP contribution >= 0.6 is 11.8 Å². The smallest absolute Gasteiger partial charge is 0.322 e. The molecule has 0 bridgehead atoms. The second-order valence-corrected chi connectivity index (χ2v) is 15.7. The summed E-state index contributed by atoms with van der Waals surface area (Å²) in [4.78, 5) is 79.6. The summed E-state index contributed by atoms with van der Waals surface area (Å²) in [7, 11) is 0. The van der Waals surface area contributed by atoms with E-state index in [2.05, 4.69) is 36.2 Å². The molecule has 1 aliphatic heterocycles. The molecule has 0 aliphatic carbocycles. The topological polar surface area (TPSA) is 278 Å². The van der Waals surface area contributed by atoms with Gasteiger partial charge in [0.25, 0.3) is 11.4 Å². The average Bonchev–Trinajstić information content (AvgIpc) is 3.83. The number of aryl methyl sites for hydroxylation is 2. The lowest BCUT2D eigenvalue weighted by Crippen LogP contribution is -2.41. The maximum atomic E-state index is 13.5. The van der Waals surface area contributed by atoms with Gasteiger partial charge in [0.15, 0.2) is 0 Å². The first-order valence-corrected chi connectivity index (χ1v) is 19.6. The number of carboxylic acid groups (broad SMARTS) is 2. The van der Waals surface area contributed by atoms with Gasteiger partial charge in [-0.1, -0.05) is 25.0 Å². The van der Waals surface area contributed by atoms with E-state index in [4.69, 9.17) is 15.3 Å². The number of hydrogen-bond donors (Lipinski definition) is 6. The number of rotatable bonds is 20. The predicted molar refractivity (Wildman–Crippen MR) is 212 cm³/mol. The summed E-state index contributed by atoms with van der Waals surface area (Å²) in [5.74, 6) is -3.06. The fraction of sp³-hybridized carbons (Fsp3) is 0.421. The van der Waals surface area contributed by atoms with Crippen molar-refractivity contribution < 1.29 is 38.6 Å². The van der Waals surface area contributed by atoms with Crippen molar-refractivity contribution in [1.82, 2.24) is 40.5 Å². The molecule has 2 unspecified atom stereocenters. The van der Waals surface area contributed by atoms with Crippen LogP contribution in [0, 0.1) is 6.92 Å². The summed E-state index contributed by atoms with van der Waals surface area (Å²) < 4.78 is 5.83. The monoisotopic (exact) mass is 818 g/mol. The van der Waals surface area contributed by atoms with E-state index in [0.29, 0.717) is 61.9 Å². The molecular weight excluding hydrogens is 773 g/mol. The van der Waals surface area contributed by atoms with E-state index in [0.717, 1.165) is 35.7 Å². The van der Waals surface area contributed by atoms with E-state index in [1.807, 2.05) is 6.07 Å². The number of thioether (sulfide) groups is 1. The Bertz CT molecular complexity index is 2150. The fourth-order valence-electron chi connectivity index (χ4n) is 6.14. The number of unbranched alkanes of at least 4 members (excludes halogenated alkanes) is 3. The Hall–Kier alpha value is -6.15. The van der Waals surface area contributed by atoms with Crippen molar-refractivity contribution in [2.24, 2.45) is 5.73 Å². The van der Waals surface area contributed by atoms with Crippen LogP contribution < -0.4 is 27.2 Å². The van der Waals surface area contributed by atoms with Crippen molar-refractivity contribution in [3.63, 3.8) is 0 Å². The number of aliphatic carboxylic acids is 2. The number of nitrogens with two attached hydrogens (primary N) is 1. The van der Waals surface area contributed by atoms with Gasteiger partial charge < -0.3 is 41.2 Å². The molecule has 1 aromatic carbocycles. The zero-order chi connectivity index (χ0) is 41.8. The number of aromatic nitrogens is 5. The van der Waals surface area contributed by atoms with Gasteiger partial charge in [-0.15, -0.1) is 10.2 Å². The Kier molecular flexibility index (Phi) is 14.7. The number of amides is 4. The molecule has 0 saturated carbocycles. The predicted octanol–water partition coefficient (Wildman–Crippen LogP) is 2.77. The first-order valence-electron chi connectivity index (χ1n) is 18.6. The van der Waals surface area contributed by atoms with E-state index in [1.54, 1.807) is 54.5 Å². The van der Waals surface area contributed by atoms with Crippen LogP contribution in [0.4, 0.5) is 10.5 Å². The van der Waals surface area contributed by atoms with Crippen molar-refractivity contribution in [1.29, 1.82) is 0 Å². The Morgan fingerprint density at radius 3 is 2.40 bits per heavy atom. The van der Waals surface area contributed by atoms with Gasteiger partial charge in [-0.3, -0.25) is 29.0 Å². The average molecular weight is 819 g/mol. The van der Waals surface area contributed by atoms with E-state index in [9.17, 15) is 33.9 Å². The van der Waals surface area contributed by atoms with Crippen molar-refractivity contribution >= 4 is 47.2 Å². The van der Waals surface area contributed by atoms with E-state index < -0.39 is 46.5 Å². The summed E-state index contributed by atoms with van der Waals surface area (Å²) in [5.41, 5.74) is 9.22. The quantitative estimate of drug-likeness (QED) is 0.0700. The second-order valence-electron chi connectivity index (χ2n) is 14.1. The molecule has 20 heteroatoms. The third kappa shape index (κ3) is 12.2. The second kappa shape index (κ2) is 19.8. The number of nitrogens with zero attached hydrogens (tertiary/aromatic N) is 6. The summed E-state index contributed by atoms with van der Waals surface area (Å²) in [6, 6.07) is 9.19. The molecule has 1 aliphatic rings. The molecule has 4 heterocycles. The molecule has 0 spiro atoms. The zero-order valence-corrected chi connectivity index (χ0v) is 32.9. The van der Waals surface area contributed by atoms with E-state index in [-0.39, 0.29) is 36.2 Å². The lowest BCUT2D eigenvalue weighted by Gasteiger charge is -2.27. The largest absolute Gasteiger partial charge is 0.481 e. The fourth-order valence-corrected chi connectivity index (χ4v) is 7.32. The van der Waals surface area contributed by atoms with Crippen molar-refractivity contribution in [3.05, 3.63) is 76.2 Å². The summed E-state index contributed by atoms with van der Waals surface area (Å²) in [6.45, 7) is 4.48. The van der Waals surface area contributed by atoms with E-state index in [1.165, 1.54) is 11.6 Å². The van der Waals surface area contributed by atoms with Crippen LogP contribution in [0.5, 0.6) is 0 Å². The Morgan fingerprint density at radius 2 is 1.71 bits per heavy atom. The minimum atomic E-state index is -1.23. The Labute approximate surface area is 337 Å². The molecule has 5 rings (SSSR count). The van der Waals surface area contributed by atoms with Crippen LogP contribution in [0.15, 0.2) is 58.0 Å². The highest BCUT2D eigenvalue weighted by Gasteiger charge is 2.33. The molecule has 4 aromatic rings. The van der Waals surface area contributed by atoms with Gasteiger partial charge in [-0.05, 0) is 55.2 Å². The SMILES string of the molecule is Cc1nnc(-c2cc(-c3ccc(NC(=O)N4Cc5ccncc5C4)cc3)nn(CCCCCCNC(=O)CNC(=O)CC(C)(CC(=O)O)SCC(N)C(=O)O)c2=O)o1. The molecule has 0 fully saturated rings. The van der Waals surface area contributed by atoms with Gasteiger partial charge in [-0.25, -0.2) is 9.48 Å². The highest BCUT2D eigenvalue weighted by molar-refractivity contribution is 8.00. The maximum absolute atomic E-state index is 13.5. The van der Waals surface area contributed by atoms with Gasteiger partial charge in [0.1, 0.15) is 11.6 Å². The lowest BCUT2D eigenvalue weighted by molar-refractivity contribution is -0.138. The molecule has 0 saturated heterocycles. The Morgan fingerprint density at radius 1 is 0.966 bits per heavy atom. The van der Waals surface area contributed by atoms with Crippen LogP contribution in [0.3, 0.4) is 0 Å². The van der Waals surface area contributed by atoms with Crippen LogP contribution in [0.1, 0.15) is 62.5 Å². The number of anilines is 1. The zero-order valence-electron chi connectivity index (χ0n) is 32.1. The van der Waals surface area contributed by atoms with E-state index >= 15 is 0 Å². The number of hydrogen-bond acceptors (Lipinski definition) is 13. The van der Waals surface area contributed by atoms with Crippen LogP contribution in [0.25, 0.3) is 22.7 Å². The molecule has 58 heavy (non-hydrogen) atoms. The molecule has 3 aromatic heterocycles. The van der Waals surface area contributed by atoms with Gasteiger partial charge in [0.2, 0.25) is 17.7 Å². The van der Waals surface area contributed by atoms with Crippen molar-refractivity contribution in [2.75, 3.05) is 24.2 Å². The number of benzene rings is 1. The standard InChI is InChI=1S/C38H46N10O9S/c1-23-44-45-34(57-23)28-15-30(24-7-9-27(10-8-24)43-37(56)47-20-25-11-13-40-18-26(25)21-47)46-48(35(28)53)14-6-4-3-5-12-41-32(50)19-42-31(49)16-38(2,17-33(51)52)58-22-29(39)36(54)55/h7-11,13,15,18,29H,3-6,12,14,16-17,19-22,39H2,1-2H3,(H,41,50)(H,42,49)(H,43,56)(H,51,52)(H,54,55). The van der Waals surface area contributed by atoms with Crippen LogP contribution in [-0.2, 0) is 38.8 Å².